The number of carbonyl (C=O) groups excluding carboxylic acids is 1. The second-order valence-electron chi connectivity index (χ2n) is 6.62. The molecule has 1 aliphatic carbocycles. The minimum atomic E-state index is -0.430. The van der Waals surface area contributed by atoms with E-state index in [1.807, 2.05) is 38.1 Å². The van der Waals surface area contributed by atoms with Crippen molar-refractivity contribution in [2.75, 3.05) is 5.32 Å². The summed E-state index contributed by atoms with van der Waals surface area (Å²) >= 11 is 0. The smallest absolute Gasteiger partial charge is 0.229 e. The second-order valence-corrected chi connectivity index (χ2v) is 6.62. The van der Waals surface area contributed by atoms with Crippen molar-refractivity contribution in [3.8, 4) is 11.4 Å². The number of H-pyrrole nitrogens is 1. The molecule has 1 saturated carbocycles. The molecule has 1 heterocycles. The fourth-order valence-electron chi connectivity index (χ4n) is 3.23. The number of nitrogens with one attached hydrogen (secondary N) is 2. The molecule has 3 rings (SSSR count). The molecule has 6 nitrogen and oxygen atoms in total. The number of halogens is 1. The molecule has 1 amide bonds. The van der Waals surface area contributed by atoms with Crippen LogP contribution >= 0.6 is 12.4 Å². The first-order valence-electron chi connectivity index (χ1n) is 8.05. The van der Waals surface area contributed by atoms with Crippen molar-refractivity contribution >= 4 is 24.0 Å². The maximum Gasteiger partial charge on any atom is 0.229 e. The lowest BCUT2D eigenvalue weighted by atomic mass is 9.74. The summed E-state index contributed by atoms with van der Waals surface area (Å²) in [5.74, 6) is 1.24. The second kappa shape index (κ2) is 7.32. The molecule has 4 N–H and O–H groups in total. The number of rotatable bonds is 3. The third kappa shape index (κ3) is 3.94. The molecule has 0 radical (unpaired) electrons. The molecule has 0 bridgehead atoms. The summed E-state index contributed by atoms with van der Waals surface area (Å²) in [4.78, 5) is 16.9. The number of amides is 1. The lowest BCUT2D eigenvalue weighted by Crippen LogP contribution is -2.51. The third-order valence-electron chi connectivity index (χ3n) is 4.56. The van der Waals surface area contributed by atoms with Crippen molar-refractivity contribution in [3.63, 3.8) is 0 Å². The highest BCUT2D eigenvalue weighted by atomic mass is 35.5. The van der Waals surface area contributed by atoms with Crippen LogP contribution in [-0.2, 0) is 4.79 Å². The van der Waals surface area contributed by atoms with E-state index in [1.54, 1.807) is 0 Å². The highest BCUT2D eigenvalue weighted by Gasteiger charge is 2.37. The zero-order valence-electron chi connectivity index (χ0n) is 14.0. The minimum Gasteiger partial charge on any atom is -0.326 e. The summed E-state index contributed by atoms with van der Waals surface area (Å²) in [7, 11) is 0. The van der Waals surface area contributed by atoms with Crippen molar-refractivity contribution in [1.82, 2.24) is 15.2 Å². The van der Waals surface area contributed by atoms with Crippen LogP contribution in [0.5, 0.6) is 0 Å². The van der Waals surface area contributed by atoms with Gasteiger partial charge in [-0.1, -0.05) is 25.0 Å². The Kier molecular flexibility index (Phi) is 5.62. The van der Waals surface area contributed by atoms with Crippen LogP contribution in [0.2, 0.25) is 0 Å². The van der Waals surface area contributed by atoms with Crippen molar-refractivity contribution in [2.45, 2.75) is 45.1 Å². The van der Waals surface area contributed by atoms with Gasteiger partial charge in [-0.15, -0.1) is 12.4 Å². The highest BCUT2D eigenvalue weighted by molar-refractivity contribution is 5.94. The molecule has 1 aromatic carbocycles. The fraction of sp³-hybridized carbons (Fsp3) is 0.471. The maximum atomic E-state index is 12.6. The van der Waals surface area contributed by atoms with Crippen LogP contribution in [0.1, 0.15) is 38.4 Å². The van der Waals surface area contributed by atoms with Crippen molar-refractivity contribution < 1.29 is 4.79 Å². The molecule has 1 aliphatic rings. The first-order chi connectivity index (χ1) is 11.0. The van der Waals surface area contributed by atoms with Crippen molar-refractivity contribution in [2.24, 2.45) is 11.7 Å². The number of nitrogens with zero attached hydrogens (tertiary/aromatic N) is 2. The molecule has 2 aromatic rings. The lowest BCUT2D eigenvalue weighted by molar-refractivity contribution is -0.122. The maximum absolute atomic E-state index is 12.6. The predicted octanol–water partition coefficient (Wildman–Crippen LogP) is 3.05. The summed E-state index contributed by atoms with van der Waals surface area (Å²) in [6.45, 7) is 3.83. The number of anilines is 1. The Hall–Kier alpha value is -1.92. The average molecular weight is 350 g/mol. The van der Waals surface area contributed by atoms with Crippen LogP contribution in [0, 0.1) is 12.8 Å². The summed E-state index contributed by atoms with van der Waals surface area (Å²) in [6.07, 6.45) is 3.89. The van der Waals surface area contributed by atoms with Gasteiger partial charge in [0.2, 0.25) is 5.91 Å². The number of benzene rings is 1. The molecule has 130 valence electrons. The van der Waals surface area contributed by atoms with Crippen LogP contribution < -0.4 is 11.1 Å². The van der Waals surface area contributed by atoms with Gasteiger partial charge in [-0.05, 0) is 38.8 Å². The number of hydrogen-bond acceptors (Lipinski definition) is 4. The Morgan fingerprint density at radius 3 is 2.88 bits per heavy atom. The van der Waals surface area contributed by atoms with Crippen LogP contribution in [0.3, 0.4) is 0 Å². The van der Waals surface area contributed by atoms with E-state index in [9.17, 15) is 4.79 Å². The monoisotopic (exact) mass is 349 g/mol. The van der Waals surface area contributed by atoms with E-state index in [2.05, 4.69) is 20.5 Å². The van der Waals surface area contributed by atoms with E-state index in [4.69, 9.17) is 5.73 Å². The molecule has 0 spiro atoms. The molecule has 0 saturated heterocycles. The SMILES string of the molecule is Cc1nc(-c2cccc(NC(=O)C3CCCCC3(C)N)c2)n[nH]1.Cl. The zero-order valence-corrected chi connectivity index (χ0v) is 14.8. The molecule has 7 heteroatoms. The van der Waals surface area contributed by atoms with E-state index in [0.717, 1.165) is 42.8 Å². The van der Waals surface area contributed by atoms with Gasteiger partial charge in [-0.3, -0.25) is 9.89 Å². The largest absolute Gasteiger partial charge is 0.326 e. The summed E-state index contributed by atoms with van der Waals surface area (Å²) in [6, 6.07) is 7.57. The van der Waals surface area contributed by atoms with Gasteiger partial charge in [0.1, 0.15) is 5.82 Å². The first kappa shape index (κ1) is 18.4. The van der Waals surface area contributed by atoms with Crippen LogP contribution in [0.15, 0.2) is 24.3 Å². The van der Waals surface area contributed by atoms with E-state index >= 15 is 0 Å². The van der Waals surface area contributed by atoms with E-state index in [1.165, 1.54) is 0 Å². The van der Waals surface area contributed by atoms with Gasteiger partial charge in [0.25, 0.3) is 0 Å². The molecule has 1 fully saturated rings. The summed E-state index contributed by atoms with van der Waals surface area (Å²) in [5, 5.41) is 9.97. The fourth-order valence-corrected chi connectivity index (χ4v) is 3.23. The zero-order chi connectivity index (χ0) is 16.4. The number of aromatic nitrogens is 3. The molecule has 0 aliphatic heterocycles. The van der Waals surface area contributed by atoms with Crippen molar-refractivity contribution in [1.29, 1.82) is 0 Å². The summed E-state index contributed by atoms with van der Waals surface area (Å²) in [5.41, 5.74) is 7.50. The average Bonchev–Trinajstić information content (AvgIpc) is 2.93. The molecular formula is C17H24ClN5O. The number of nitrogens with two attached hydrogens (primary N) is 1. The van der Waals surface area contributed by atoms with Gasteiger partial charge in [0.15, 0.2) is 5.82 Å². The Morgan fingerprint density at radius 2 is 2.21 bits per heavy atom. The van der Waals surface area contributed by atoms with Gasteiger partial charge < -0.3 is 11.1 Å². The third-order valence-corrected chi connectivity index (χ3v) is 4.56. The number of carbonyl (C=O) groups is 1. The van der Waals surface area contributed by atoms with E-state index < -0.39 is 5.54 Å². The normalized spacial score (nSPS) is 23.4. The Balaban J connectivity index is 0.00000208. The first-order valence-corrected chi connectivity index (χ1v) is 8.05. The van der Waals surface area contributed by atoms with E-state index in [0.29, 0.717) is 5.82 Å². The van der Waals surface area contributed by atoms with Gasteiger partial charge in [0, 0.05) is 16.8 Å². The van der Waals surface area contributed by atoms with Gasteiger partial charge in [0.05, 0.1) is 5.92 Å². The molecule has 2 atom stereocenters. The van der Waals surface area contributed by atoms with Gasteiger partial charge >= 0.3 is 0 Å². The Bertz CT molecular complexity index is 713. The molecule has 24 heavy (non-hydrogen) atoms. The lowest BCUT2D eigenvalue weighted by Gasteiger charge is -2.37. The van der Waals surface area contributed by atoms with E-state index in [-0.39, 0.29) is 24.2 Å². The Labute approximate surface area is 148 Å². The molecule has 2 unspecified atom stereocenters. The summed E-state index contributed by atoms with van der Waals surface area (Å²) < 4.78 is 0. The predicted molar refractivity (Wildman–Crippen MR) is 97.0 cm³/mol. The number of aromatic amines is 1. The molecular weight excluding hydrogens is 326 g/mol. The van der Waals surface area contributed by atoms with Crippen LogP contribution in [0.25, 0.3) is 11.4 Å². The van der Waals surface area contributed by atoms with Crippen molar-refractivity contribution in [3.05, 3.63) is 30.1 Å². The Morgan fingerprint density at radius 1 is 1.42 bits per heavy atom. The highest BCUT2D eigenvalue weighted by Crippen LogP contribution is 2.32. The minimum absolute atomic E-state index is 0. The number of hydrogen-bond donors (Lipinski definition) is 3. The van der Waals surface area contributed by atoms with Gasteiger partial charge in [-0.25, -0.2) is 4.98 Å². The van der Waals surface area contributed by atoms with Crippen LogP contribution in [0.4, 0.5) is 5.69 Å². The van der Waals surface area contributed by atoms with Crippen LogP contribution in [-0.4, -0.2) is 26.6 Å². The topological polar surface area (TPSA) is 96.7 Å². The standard InChI is InChI=1S/C17H23N5O.ClH/c1-11-19-15(22-21-11)12-6-5-7-13(10-12)20-16(23)14-8-3-4-9-17(14,2)18;/h5-7,10,14H,3-4,8-9,18H2,1-2H3,(H,20,23)(H,19,21,22);1H. The number of aryl methyl sites for hydroxylation is 1. The van der Waals surface area contributed by atoms with Gasteiger partial charge in [-0.2, -0.15) is 5.10 Å². The quantitative estimate of drug-likeness (QED) is 0.793. The molecule has 1 aromatic heterocycles.